The number of anilines is 3. The van der Waals surface area contributed by atoms with Gasteiger partial charge in [-0.15, -0.1) is 5.53 Å². The van der Waals surface area contributed by atoms with Gasteiger partial charge < -0.3 is 11.2 Å². The van der Waals surface area contributed by atoms with Crippen LogP contribution in [0.15, 0.2) is 36.4 Å². The zero-order valence-electron chi connectivity index (χ0n) is 11.6. The van der Waals surface area contributed by atoms with Gasteiger partial charge in [0.2, 0.25) is 0 Å². The van der Waals surface area contributed by atoms with E-state index >= 15 is 0 Å². The number of hydrogen-bond acceptors (Lipinski definition) is 4. The van der Waals surface area contributed by atoms with Crippen LogP contribution in [-0.4, -0.2) is 6.54 Å². The molecule has 0 bridgehead atoms. The lowest BCUT2D eigenvalue weighted by Crippen LogP contribution is -2.37. The largest absolute Gasteiger partial charge is 0.398 e. The Bertz CT molecular complexity index is 697. The van der Waals surface area contributed by atoms with E-state index in [-0.39, 0.29) is 0 Å². The first kappa shape index (κ1) is 12.8. The zero-order valence-corrected chi connectivity index (χ0v) is 12.3. The van der Waals surface area contributed by atoms with Gasteiger partial charge in [0.1, 0.15) is 0 Å². The number of nitrogens with two attached hydrogens (primary N) is 1. The molecule has 4 nitrogen and oxygen atoms in total. The van der Waals surface area contributed by atoms with Crippen molar-refractivity contribution in [1.82, 2.24) is 5.53 Å². The van der Waals surface area contributed by atoms with Crippen molar-refractivity contribution in [2.75, 3.05) is 22.7 Å². The number of nitrogens with zero attached hydrogens (tertiary/aromatic N) is 1. The lowest BCUT2D eigenvalue weighted by atomic mass is 10.0. The summed E-state index contributed by atoms with van der Waals surface area (Å²) < 4.78 is 0. The van der Waals surface area contributed by atoms with Gasteiger partial charge in [0.05, 0.1) is 16.4 Å². The number of nitrogens with one attached hydrogen (secondary N) is 2. The van der Waals surface area contributed by atoms with Crippen LogP contribution in [0.25, 0.3) is 11.1 Å². The highest BCUT2D eigenvalue weighted by molar-refractivity contribution is 6.37. The van der Waals surface area contributed by atoms with E-state index in [2.05, 4.69) is 22.0 Å². The second kappa shape index (κ2) is 4.83. The van der Waals surface area contributed by atoms with E-state index in [1.807, 2.05) is 30.3 Å². The van der Waals surface area contributed by atoms with Gasteiger partial charge in [-0.05, 0) is 30.9 Å². The Morgan fingerprint density at radius 2 is 1.95 bits per heavy atom. The molecule has 1 fully saturated rings. The Kier molecular flexibility index (Phi) is 2.94. The van der Waals surface area contributed by atoms with Crippen molar-refractivity contribution in [3.63, 3.8) is 0 Å². The minimum absolute atomic E-state index is 0.705. The normalized spacial score (nSPS) is 16.7. The third kappa shape index (κ3) is 2.20. The number of halogens is 1. The van der Waals surface area contributed by atoms with Crippen LogP contribution < -0.4 is 21.7 Å². The predicted octanol–water partition coefficient (Wildman–Crippen LogP) is 3.65. The van der Waals surface area contributed by atoms with Crippen LogP contribution in [0.3, 0.4) is 0 Å². The zero-order chi connectivity index (χ0) is 14.4. The first-order valence-electron chi connectivity index (χ1n) is 7.20. The van der Waals surface area contributed by atoms with E-state index in [4.69, 9.17) is 17.3 Å². The summed E-state index contributed by atoms with van der Waals surface area (Å²) in [4.78, 5) is 0. The third-order valence-corrected chi connectivity index (χ3v) is 4.51. The average molecular weight is 301 g/mol. The molecule has 1 saturated carbocycles. The Balaban J connectivity index is 1.74. The molecule has 0 spiro atoms. The van der Waals surface area contributed by atoms with Gasteiger partial charge in [0.15, 0.2) is 0 Å². The van der Waals surface area contributed by atoms with Crippen molar-refractivity contribution >= 4 is 28.7 Å². The highest BCUT2D eigenvalue weighted by atomic mass is 35.5. The Morgan fingerprint density at radius 3 is 2.71 bits per heavy atom. The first-order chi connectivity index (χ1) is 10.2. The van der Waals surface area contributed by atoms with Gasteiger partial charge in [-0.25, -0.2) is 0 Å². The Morgan fingerprint density at radius 1 is 1.14 bits per heavy atom. The highest BCUT2D eigenvalue weighted by Crippen LogP contribution is 2.44. The van der Waals surface area contributed by atoms with E-state index in [1.54, 1.807) is 0 Å². The summed E-state index contributed by atoms with van der Waals surface area (Å²) in [7, 11) is 0. The molecule has 0 atom stereocenters. The SMILES string of the molecule is Nc1ccccc1-c1ccc2c(c1Cl)NNN2CC1CC1. The van der Waals surface area contributed by atoms with Crippen LogP contribution in [0.1, 0.15) is 12.8 Å². The van der Waals surface area contributed by atoms with Crippen molar-refractivity contribution in [3.05, 3.63) is 41.4 Å². The van der Waals surface area contributed by atoms with Gasteiger partial charge in [-0.1, -0.05) is 35.9 Å². The lowest BCUT2D eigenvalue weighted by molar-refractivity contribution is 0.674. The molecule has 2 aliphatic rings. The molecule has 5 heteroatoms. The van der Waals surface area contributed by atoms with E-state index < -0.39 is 0 Å². The van der Waals surface area contributed by atoms with E-state index in [0.717, 1.165) is 40.7 Å². The van der Waals surface area contributed by atoms with E-state index in [1.165, 1.54) is 12.8 Å². The van der Waals surface area contributed by atoms with Crippen molar-refractivity contribution < 1.29 is 0 Å². The molecule has 1 aliphatic heterocycles. The summed E-state index contributed by atoms with van der Waals surface area (Å²) in [5.74, 6) is 0.800. The predicted molar refractivity (Wildman–Crippen MR) is 88.1 cm³/mol. The molecule has 108 valence electrons. The molecule has 2 aromatic carbocycles. The fourth-order valence-corrected chi connectivity index (χ4v) is 3.06. The lowest BCUT2D eigenvalue weighted by Gasteiger charge is -2.17. The van der Waals surface area contributed by atoms with Gasteiger partial charge in [-0.2, -0.15) is 0 Å². The molecule has 1 aliphatic carbocycles. The summed E-state index contributed by atoms with van der Waals surface area (Å²) in [6.45, 7) is 1.02. The molecule has 0 amide bonds. The third-order valence-electron chi connectivity index (χ3n) is 4.12. The van der Waals surface area contributed by atoms with Crippen LogP contribution in [0.4, 0.5) is 17.1 Å². The summed E-state index contributed by atoms with van der Waals surface area (Å²) >= 11 is 6.59. The molecule has 2 aromatic rings. The highest BCUT2D eigenvalue weighted by Gasteiger charge is 2.29. The number of benzene rings is 2. The number of para-hydroxylation sites is 1. The average Bonchev–Trinajstić information content (AvgIpc) is 3.20. The topological polar surface area (TPSA) is 53.3 Å². The van der Waals surface area contributed by atoms with Gasteiger partial charge in [0.25, 0.3) is 0 Å². The number of nitrogen functional groups attached to an aromatic ring is 1. The van der Waals surface area contributed by atoms with Gasteiger partial charge in [0, 0.05) is 23.4 Å². The molecule has 4 N–H and O–H groups in total. The summed E-state index contributed by atoms with van der Waals surface area (Å²) in [6, 6.07) is 11.9. The maximum absolute atomic E-state index is 6.59. The van der Waals surface area contributed by atoms with Crippen LogP contribution in [0.5, 0.6) is 0 Å². The number of hydrazine groups is 2. The molecule has 0 radical (unpaired) electrons. The quantitative estimate of drug-likeness (QED) is 0.757. The fourth-order valence-electron chi connectivity index (χ4n) is 2.75. The molecule has 1 heterocycles. The van der Waals surface area contributed by atoms with Gasteiger partial charge in [-0.3, -0.25) is 5.01 Å². The number of fused-ring (bicyclic) bond motifs is 1. The Hall–Kier alpha value is -1.91. The van der Waals surface area contributed by atoms with Gasteiger partial charge >= 0.3 is 0 Å². The molecule has 0 saturated heterocycles. The minimum Gasteiger partial charge on any atom is -0.398 e. The van der Waals surface area contributed by atoms with Crippen LogP contribution in [0.2, 0.25) is 5.02 Å². The van der Waals surface area contributed by atoms with Crippen molar-refractivity contribution in [2.24, 2.45) is 5.92 Å². The second-order valence-corrected chi connectivity index (χ2v) is 6.08. The van der Waals surface area contributed by atoms with Crippen LogP contribution in [-0.2, 0) is 0 Å². The van der Waals surface area contributed by atoms with E-state index in [9.17, 15) is 0 Å². The van der Waals surface area contributed by atoms with Crippen molar-refractivity contribution in [1.29, 1.82) is 0 Å². The molecular formula is C16H17ClN4. The van der Waals surface area contributed by atoms with Crippen LogP contribution in [0, 0.1) is 5.92 Å². The molecule has 4 rings (SSSR count). The molecular weight excluding hydrogens is 284 g/mol. The van der Waals surface area contributed by atoms with Crippen molar-refractivity contribution in [3.8, 4) is 11.1 Å². The molecule has 0 unspecified atom stereocenters. The minimum atomic E-state index is 0.705. The first-order valence-corrected chi connectivity index (χ1v) is 7.58. The second-order valence-electron chi connectivity index (χ2n) is 5.70. The molecule has 21 heavy (non-hydrogen) atoms. The molecule has 0 aromatic heterocycles. The fraction of sp³-hybridized carbons (Fsp3) is 0.250. The summed E-state index contributed by atoms with van der Waals surface area (Å²) in [6.07, 6.45) is 2.64. The van der Waals surface area contributed by atoms with Crippen LogP contribution >= 0.6 is 11.6 Å². The van der Waals surface area contributed by atoms with E-state index in [0.29, 0.717) is 5.02 Å². The van der Waals surface area contributed by atoms with Crippen molar-refractivity contribution in [2.45, 2.75) is 12.8 Å². The Labute approximate surface area is 128 Å². The number of hydrogen-bond donors (Lipinski definition) is 3. The summed E-state index contributed by atoms with van der Waals surface area (Å²) in [5.41, 5.74) is 17.1. The summed E-state index contributed by atoms with van der Waals surface area (Å²) in [5, 5.41) is 2.84. The maximum Gasteiger partial charge on any atom is 0.0946 e. The monoisotopic (exact) mass is 300 g/mol. The maximum atomic E-state index is 6.59. The standard InChI is InChI=1S/C16H17ClN4/c17-15-12(11-3-1-2-4-13(11)18)7-8-14-16(15)19-20-21(14)9-10-5-6-10/h1-4,7-8,10,19-20H,5-6,9,18H2. The smallest absolute Gasteiger partial charge is 0.0946 e. The number of rotatable bonds is 3.